The van der Waals surface area contributed by atoms with E-state index in [9.17, 15) is 4.79 Å². The van der Waals surface area contributed by atoms with Crippen molar-refractivity contribution in [2.45, 2.75) is 34.2 Å². The van der Waals surface area contributed by atoms with Gasteiger partial charge in [0.1, 0.15) is 0 Å². The molecule has 0 aliphatic rings. The van der Waals surface area contributed by atoms with E-state index in [0.29, 0.717) is 0 Å². The molecule has 0 aliphatic heterocycles. The molecule has 2 aromatic rings. The summed E-state index contributed by atoms with van der Waals surface area (Å²) in [5.74, 6) is -0.0563. The zero-order chi connectivity index (χ0) is 14.7. The molecule has 1 heterocycles. The molecule has 0 radical (unpaired) electrons. The SMILES string of the molecule is CC(=O)Nc1cc(NCc2sc(C)nc2C)ccc1C. The van der Waals surface area contributed by atoms with Gasteiger partial charge >= 0.3 is 0 Å². The highest BCUT2D eigenvalue weighted by atomic mass is 32.1. The van der Waals surface area contributed by atoms with E-state index in [0.717, 1.165) is 34.2 Å². The number of aromatic nitrogens is 1. The van der Waals surface area contributed by atoms with Crippen LogP contribution in [-0.2, 0) is 11.3 Å². The predicted octanol–water partition coefficient (Wildman–Crippen LogP) is 3.64. The fraction of sp³-hybridized carbons (Fsp3) is 0.333. The second-order valence-electron chi connectivity index (χ2n) is 4.81. The third kappa shape index (κ3) is 3.57. The molecule has 2 rings (SSSR count). The molecule has 2 N–H and O–H groups in total. The summed E-state index contributed by atoms with van der Waals surface area (Å²) in [6, 6.07) is 5.97. The molecular weight excluding hydrogens is 270 g/mol. The Kier molecular flexibility index (Phi) is 4.39. The highest BCUT2D eigenvalue weighted by molar-refractivity contribution is 7.11. The number of amides is 1. The number of hydrogen-bond donors (Lipinski definition) is 2. The number of benzene rings is 1. The maximum absolute atomic E-state index is 11.2. The van der Waals surface area contributed by atoms with Crippen LogP contribution in [0.5, 0.6) is 0 Å². The summed E-state index contributed by atoms with van der Waals surface area (Å²) in [5, 5.41) is 7.30. The average Bonchev–Trinajstić information content (AvgIpc) is 2.68. The average molecular weight is 289 g/mol. The third-order valence-corrected chi connectivity index (χ3v) is 4.07. The van der Waals surface area contributed by atoms with E-state index >= 15 is 0 Å². The van der Waals surface area contributed by atoms with E-state index in [4.69, 9.17) is 0 Å². The monoisotopic (exact) mass is 289 g/mol. The summed E-state index contributed by atoms with van der Waals surface area (Å²) in [7, 11) is 0. The summed E-state index contributed by atoms with van der Waals surface area (Å²) in [5.41, 5.74) is 3.97. The molecule has 1 aromatic heterocycles. The first kappa shape index (κ1) is 14.5. The number of rotatable bonds is 4. The highest BCUT2D eigenvalue weighted by Gasteiger charge is 2.06. The quantitative estimate of drug-likeness (QED) is 0.903. The lowest BCUT2D eigenvalue weighted by molar-refractivity contribution is -0.114. The Morgan fingerprint density at radius 3 is 2.65 bits per heavy atom. The van der Waals surface area contributed by atoms with Gasteiger partial charge in [0.25, 0.3) is 0 Å². The number of carbonyl (C=O) groups excluding carboxylic acids is 1. The van der Waals surface area contributed by atoms with Gasteiger partial charge in [0.2, 0.25) is 5.91 Å². The molecule has 1 aromatic carbocycles. The molecular formula is C15H19N3OS. The summed E-state index contributed by atoms with van der Waals surface area (Å²) < 4.78 is 0. The van der Waals surface area contributed by atoms with Crippen LogP contribution in [-0.4, -0.2) is 10.9 Å². The number of nitrogens with one attached hydrogen (secondary N) is 2. The van der Waals surface area contributed by atoms with Crippen LogP contribution in [0.2, 0.25) is 0 Å². The zero-order valence-electron chi connectivity index (χ0n) is 12.2. The summed E-state index contributed by atoms with van der Waals surface area (Å²) in [6.45, 7) is 8.29. The van der Waals surface area contributed by atoms with E-state index < -0.39 is 0 Å². The van der Waals surface area contributed by atoms with Gasteiger partial charge in [0, 0.05) is 23.2 Å². The molecule has 0 unspecified atom stereocenters. The topological polar surface area (TPSA) is 54.0 Å². The van der Waals surface area contributed by atoms with Crippen molar-refractivity contribution in [3.63, 3.8) is 0 Å². The second-order valence-corrected chi connectivity index (χ2v) is 6.09. The van der Waals surface area contributed by atoms with Crippen molar-refractivity contribution in [3.05, 3.63) is 39.3 Å². The van der Waals surface area contributed by atoms with Gasteiger partial charge in [-0.05, 0) is 38.5 Å². The molecule has 5 heteroatoms. The van der Waals surface area contributed by atoms with Crippen molar-refractivity contribution in [1.82, 2.24) is 4.98 Å². The third-order valence-electron chi connectivity index (χ3n) is 3.00. The van der Waals surface area contributed by atoms with Gasteiger partial charge in [-0.3, -0.25) is 4.79 Å². The zero-order valence-corrected chi connectivity index (χ0v) is 13.0. The molecule has 20 heavy (non-hydrogen) atoms. The van der Waals surface area contributed by atoms with Gasteiger partial charge in [-0.15, -0.1) is 11.3 Å². The number of aryl methyl sites for hydroxylation is 3. The van der Waals surface area contributed by atoms with Crippen LogP contribution in [0, 0.1) is 20.8 Å². The number of carbonyl (C=O) groups is 1. The standard InChI is InChI=1S/C15H19N3OS/c1-9-5-6-13(7-14(9)18-11(3)19)16-8-15-10(2)17-12(4)20-15/h5-7,16H,8H2,1-4H3,(H,18,19). The fourth-order valence-corrected chi connectivity index (χ4v) is 2.85. The van der Waals surface area contributed by atoms with Crippen molar-refractivity contribution in [3.8, 4) is 0 Å². The lowest BCUT2D eigenvalue weighted by Crippen LogP contribution is -2.08. The van der Waals surface area contributed by atoms with Crippen molar-refractivity contribution in [2.75, 3.05) is 10.6 Å². The molecule has 0 aliphatic carbocycles. The molecule has 106 valence electrons. The lowest BCUT2D eigenvalue weighted by atomic mass is 10.1. The van der Waals surface area contributed by atoms with Gasteiger partial charge in [0.15, 0.2) is 0 Å². The van der Waals surface area contributed by atoms with Crippen molar-refractivity contribution in [1.29, 1.82) is 0 Å². The van der Waals surface area contributed by atoms with Crippen LogP contribution in [0.25, 0.3) is 0 Å². The Bertz CT molecular complexity index is 634. The molecule has 0 saturated heterocycles. The van der Waals surface area contributed by atoms with E-state index in [1.807, 2.05) is 39.0 Å². The highest BCUT2D eigenvalue weighted by Crippen LogP contribution is 2.23. The smallest absolute Gasteiger partial charge is 0.221 e. The van der Waals surface area contributed by atoms with Crippen LogP contribution in [0.3, 0.4) is 0 Å². The number of thiazole rings is 1. The van der Waals surface area contributed by atoms with Gasteiger partial charge in [-0.1, -0.05) is 6.07 Å². The summed E-state index contributed by atoms with van der Waals surface area (Å²) in [6.07, 6.45) is 0. The summed E-state index contributed by atoms with van der Waals surface area (Å²) in [4.78, 5) is 16.8. The Balaban J connectivity index is 2.10. The Morgan fingerprint density at radius 2 is 2.05 bits per heavy atom. The fourth-order valence-electron chi connectivity index (χ4n) is 1.98. The molecule has 0 saturated carbocycles. The van der Waals surface area contributed by atoms with Crippen molar-refractivity contribution in [2.24, 2.45) is 0 Å². The minimum atomic E-state index is -0.0563. The van der Waals surface area contributed by atoms with E-state index in [1.54, 1.807) is 11.3 Å². The summed E-state index contributed by atoms with van der Waals surface area (Å²) >= 11 is 1.71. The number of nitrogens with zero attached hydrogens (tertiary/aromatic N) is 1. The molecule has 0 fully saturated rings. The first-order valence-electron chi connectivity index (χ1n) is 6.50. The maximum atomic E-state index is 11.2. The van der Waals surface area contributed by atoms with E-state index in [1.165, 1.54) is 11.8 Å². The lowest BCUT2D eigenvalue weighted by Gasteiger charge is -2.11. The predicted molar refractivity (Wildman–Crippen MR) is 84.4 cm³/mol. The number of anilines is 2. The molecule has 1 amide bonds. The Hall–Kier alpha value is -1.88. The van der Waals surface area contributed by atoms with Crippen molar-refractivity contribution < 1.29 is 4.79 Å². The molecule has 0 spiro atoms. The van der Waals surface area contributed by atoms with Gasteiger partial charge < -0.3 is 10.6 Å². The first-order valence-corrected chi connectivity index (χ1v) is 7.32. The minimum Gasteiger partial charge on any atom is -0.380 e. The number of hydrogen-bond acceptors (Lipinski definition) is 4. The molecule has 0 bridgehead atoms. The molecule has 0 atom stereocenters. The first-order chi connectivity index (χ1) is 9.45. The maximum Gasteiger partial charge on any atom is 0.221 e. The molecule has 4 nitrogen and oxygen atoms in total. The van der Waals surface area contributed by atoms with Crippen LogP contribution in [0.4, 0.5) is 11.4 Å². The van der Waals surface area contributed by atoms with Gasteiger partial charge in [-0.25, -0.2) is 4.98 Å². The minimum absolute atomic E-state index is 0.0563. The Morgan fingerprint density at radius 1 is 1.30 bits per heavy atom. The van der Waals surface area contributed by atoms with Gasteiger partial charge in [-0.2, -0.15) is 0 Å². The van der Waals surface area contributed by atoms with Crippen molar-refractivity contribution >= 4 is 28.6 Å². The second kappa shape index (κ2) is 6.05. The largest absolute Gasteiger partial charge is 0.380 e. The van der Waals surface area contributed by atoms with Crippen LogP contribution in [0.1, 0.15) is 28.1 Å². The van der Waals surface area contributed by atoms with Crippen LogP contribution in [0.15, 0.2) is 18.2 Å². The normalized spacial score (nSPS) is 10.4. The Labute approximate surface area is 123 Å². The van der Waals surface area contributed by atoms with Crippen LogP contribution >= 0.6 is 11.3 Å². The van der Waals surface area contributed by atoms with E-state index in [2.05, 4.69) is 15.6 Å². The van der Waals surface area contributed by atoms with E-state index in [-0.39, 0.29) is 5.91 Å². The van der Waals surface area contributed by atoms with Gasteiger partial charge in [0.05, 0.1) is 17.2 Å². The van der Waals surface area contributed by atoms with Crippen LogP contribution < -0.4 is 10.6 Å².